The summed E-state index contributed by atoms with van der Waals surface area (Å²) in [5, 5.41) is 26.2. The Bertz CT molecular complexity index is 3040. The van der Waals surface area contributed by atoms with Gasteiger partial charge in [0.2, 0.25) is 29.6 Å². The Morgan fingerprint density at radius 2 is 1.53 bits per heavy atom. The van der Waals surface area contributed by atoms with Gasteiger partial charge in [-0.05, 0) is 69.2 Å². The fourth-order valence-electron chi connectivity index (χ4n) is 10.6. The lowest BCUT2D eigenvalue weighted by Crippen LogP contribution is -2.58. The number of carbonyl (C=O) groups excluding carboxylic acids is 5. The van der Waals surface area contributed by atoms with Gasteiger partial charge in [0.15, 0.2) is 5.78 Å². The first-order valence-electron chi connectivity index (χ1n) is 28.1. The summed E-state index contributed by atoms with van der Waals surface area (Å²) in [6, 6.07) is 9.44. The number of hydrogen-bond acceptors (Lipinski definition) is 18. The third-order valence-corrected chi connectivity index (χ3v) is 16.1. The highest BCUT2D eigenvalue weighted by Crippen LogP contribution is 2.33. The zero-order valence-electron chi connectivity index (χ0n) is 47.6. The van der Waals surface area contributed by atoms with E-state index in [2.05, 4.69) is 46.0 Å². The average molecular weight is 1140 g/mol. The van der Waals surface area contributed by atoms with Crippen LogP contribution in [0.3, 0.4) is 0 Å². The molecule has 5 N–H and O–H groups in total. The number of benzene rings is 1. The Kier molecular flexibility index (Phi) is 20.7. The smallest absolute Gasteiger partial charge is 0.263 e. The molecule has 81 heavy (non-hydrogen) atoms. The van der Waals surface area contributed by atoms with Crippen LogP contribution in [0.25, 0.3) is 21.6 Å². The number of piperazine rings is 1. The van der Waals surface area contributed by atoms with Gasteiger partial charge in [0.05, 0.1) is 75.8 Å². The normalized spacial score (nSPS) is 17.8. The van der Waals surface area contributed by atoms with Gasteiger partial charge in [-0.15, -0.1) is 11.3 Å². The molecule has 0 bridgehead atoms. The zero-order chi connectivity index (χ0) is 57.8. The van der Waals surface area contributed by atoms with Gasteiger partial charge in [0.1, 0.15) is 28.6 Å². The number of amides is 4. The van der Waals surface area contributed by atoms with E-state index >= 15 is 0 Å². The number of rotatable bonds is 25. The summed E-state index contributed by atoms with van der Waals surface area (Å²) < 4.78 is 18.6. The highest BCUT2D eigenvalue weighted by Gasteiger charge is 2.45. The number of aryl methyl sites for hydroxylation is 2. The lowest BCUT2D eigenvalue weighted by Gasteiger charge is -2.35. The molecule has 1 aliphatic carbocycles. The van der Waals surface area contributed by atoms with Crippen LogP contribution in [0.5, 0.6) is 0 Å². The molecule has 22 nitrogen and oxygen atoms in total. The Morgan fingerprint density at radius 3 is 2.17 bits per heavy atom. The van der Waals surface area contributed by atoms with Gasteiger partial charge < -0.3 is 50.4 Å². The van der Waals surface area contributed by atoms with Crippen LogP contribution >= 0.6 is 11.3 Å². The average Bonchev–Trinajstić information content (AvgIpc) is 4.34. The molecule has 1 aromatic carbocycles. The molecule has 4 atom stereocenters. The number of ether oxygens (including phenoxy) is 3. The number of hydrogen-bond donors (Lipinski definition) is 5. The number of carbonyl (C=O) groups is 5. The number of thiazole rings is 1. The molecule has 0 radical (unpaired) electrons. The van der Waals surface area contributed by atoms with Gasteiger partial charge in [-0.2, -0.15) is 4.98 Å². The lowest BCUT2D eigenvalue weighted by molar-refractivity contribution is -0.144. The minimum absolute atomic E-state index is 0.00690. The maximum atomic E-state index is 14.1. The maximum absolute atomic E-state index is 14.1. The minimum atomic E-state index is -0.951. The van der Waals surface area contributed by atoms with Gasteiger partial charge in [0.25, 0.3) is 5.56 Å². The predicted molar refractivity (Wildman–Crippen MR) is 309 cm³/mol. The molecule has 2 aliphatic heterocycles. The number of aliphatic hydroxyl groups is 1. The standard InChI is InChI=1S/C58H78N12O10S/c1-36-35-81-54(62-36)41-14-12-40(13-15-41)38(3)63-53(75)46-30-44(72)33-69(46)56(77)51(58(5,6)7)65-48(73)18-24-78-26-28-80-29-27-79-25-19-59-49(74)34-67-20-22-68(23-21-67)43-16-17-47(60-31-43)64-57-61-32-45-37(2)50(39(4)71)55(76)70(52(45)66-57)42-10-8-9-11-42/h12-17,31-32,35,38,42,44,46,51,72H,8-11,18-30,33-34H2,1-7H3,(H,59,74)(H,63,75)(H,65,73)(H,60,61,64,66)/t38-,44+,46-,51+/m0/s1. The van der Waals surface area contributed by atoms with Crippen molar-refractivity contribution in [2.24, 2.45) is 5.41 Å². The fraction of sp³-hybridized carbons (Fsp3) is 0.552. The van der Waals surface area contributed by atoms with Gasteiger partial charge in [-0.3, -0.25) is 38.2 Å². The first kappa shape index (κ1) is 60.3. The van der Waals surface area contributed by atoms with Crippen molar-refractivity contribution in [2.45, 2.75) is 117 Å². The summed E-state index contributed by atoms with van der Waals surface area (Å²) in [6.07, 6.45) is 6.44. The Labute approximate surface area is 476 Å². The number of aromatic nitrogens is 5. The van der Waals surface area contributed by atoms with E-state index in [1.165, 1.54) is 11.8 Å². The van der Waals surface area contributed by atoms with Crippen molar-refractivity contribution in [3.63, 3.8) is 0 Å². The van der Waals surface area contributed by atoms with E-state index in [4.69, 9.17) is 19.2 Å². The third kappa shape index (κ3) is 15.8. The van der Waals surface area contributed by atoms with Crippen molar-refractivity contribution >= 4 is 69.2 Å². The number of ketones is 1. The van der Waals surface area contributed by atoms with Gasteiger partial charge in [-0.1, -0.05) is 57.9 Å². The topological polar surface area (TPSA) is 265 Å². The van der Waals surface area contributed by atoms with E-state index in [1.807, 2.05) is 76.4 Å². The van der Waals surface area contributed by atoms with Crippen molar-refractivity contribution in [1.82, 2.24) is 50.3 Å². The molecule has 5 aromatic rings. The summed E-state index contributed by atoms with van der Waals surface area (Å²) in [7, 11) is 0. The van der Waals surface area contributed by atoms with Crippen LogP contribution in [-0.4, -0.2) is 172 Å². The van der Waals surface area contributed by atoms with E-state index in [0.29, 0.717) is 67.8 Å². The quantitative estimate of drug-likeness (QED) is 0.0379. The molecule has 8 rings (SSSR count). The molecule has 436 valence electrons. The lowest BCUT2D eigenvalue weighted by atomic mass is 9.85. The van der Waals surface area contributed by atoms with E-state index in [1.54, 1.807) is 35.2 Å². The van der Waals surface area contributed by atoms with Crippen LogP contribution in [0.4, 0.5) is 17.5 Å². The SMILES string of the molecule is CC(=O)c1c(C)c2cnc(Nc3ccc(N4CCN(CC(=O)NCCOCCOCCOCCC(=O)N[C@H](C(=O)N5C[C@H](O)C[C@H]5C(=O)N[C@@H](C)c5ccc(-c6nc(C)cs6)cc5)C(C)(C)C)CC4)cn3)nc2n(C2CCCC2)c1=O. The molecule has 0 unspecified atom stereocenters. The van der Waals surface area contributed by atoms with Crippen LogP contribution < -0.4 is 31.7 Å². The number of β-amino-alcohol motifs (C(OH)–C–C–N with tert-alkyl or cyclic N) is 1. The molecule has 0 spiro atoms. The number of pyridine rings is 2. The zero-order valence-corrected chi connectivity index (χ0v) is 48.4. The Balaban J connectivity index is 0.662. The van der Waals surface area contributed by atoms with Crippen molar-refractivity contribution in [2.75, 3.05) is 95.7 Å². The molecule has 23 heteroatoms. The van der Waals surface area contributed by atoms with Gasteiger partial charge in [-0.25, -0.2) is 15.0 Å². The molecule has 1 saturated carbocycles. The summed E-state index contributed by atoms with van der Waals surface area (Å²) in [6.45, 7) is 17.6. The Morgan fingerprint density at radius 1 is 0.840 bits per heavy atom. The van der Waals surface area contributed by atoms with Crippen LogP contribution in [0.15, 0.2) is 59.0 Å². The molecule has 6 heterocycles. The third-order valence-electron chi connectivity index (χ3n) is 15.0. The highest BCUT2D eigenvalue weighted by molar-refractivity contribution is 7.13. The number of nitrogens with zero attached hydrogens (tertiary/aromatic N) is 8. The van der Waals surface area contributed by atoms with E-state index in [-0.39, 0.29) is 92.5 Å². The van der Waals surface area contributed by atoms with E-state index in [9.17, 15) is 33.9 Å². The number of nitrogens with one attached hydrogen (secondary N) is 4. The van der Waals surface area contributed by atoms with Gasteiger partial charge in [0, 0.05) is 86.4 Å². The van der Waals surface area contributed by atoms with E-state index < -0.39 is 29.5 Å². The number of Topliss-reactive ketones (excluding diaryl/α,β-unsaturated/α-hetero) is 1. The van der Waals surface area contributed by atoms with Crippen molar-refractivity contribution in [1.29, 1.82) is 0 Å². The summed E-state index contributed by atoms with van der Waals surface area (Å²) in [5.41, 5.74) is 4.10. The highest BCUT2D eigenvalue weighted by atomic mass is 32.1. The minimum Gasteiger partial charge on any atom is -0.391 e. The van der Waals surface area contributed by atoms with Crippen molar-refractivity contribution < 1.29 is 43.3 Å². The molecule has 2 saturated heterocycles. The number of likely N-dealkylation sites (tertiary alicyclic amines) is 1. The van der Waals surface area contributed by atoms with Crippen LogP contribution in [0.1, 0.15) is 112 Å². The molecule has 4 aromatic heterocycles. The second kappa shape index (κ2) is 27.8. The number of anilines is 3. The summed E-state index contributed by atoms with van der Waals surface area (Å²) in [4.78, 5) is 104. The Hall–Kier alpha value is -6.76. The molecule has 4 amide bonds. The van der Waals surface area contributed by atoms with Crippen LogP contribution in [0, 0.1) is 19.3 Å². The van der Waals surface area contributed by atoms with Crippen LogP contribution in [0.2, 0.25) is 0 Å². The second-order valence-corrected chi connectivity index (χ2v) is 23.1. The largest absolute Gasteiger partial charge is 0.391 e. The van der Waals surface area contributed by atoms with Crippen molar-refractivity contribution in [3.05, 3.63) is 86.9 Å². The summed E-state index contributed by atoms with van der Waals surface area (Å²) in [5.74, 6) is -0.669. The monoisotopic (exact) mass is 1130 g/mol. The number of aliphatic hydroxyl groups excluding tert-OH is 1. The fourth-order valence-corrected chi connectivity index (χ4v) is 11.4. The number of fused-ring (bicyclic) bond motifs is 1. The molecule has 3 fully saturated rings. The molecule has 3 aliphatic rings. The molecular formula is C58H78N12O10S. The first-order valence-corrected chi connectivity index (χ1v) is 29.0. The van der Waals surface area contributed by atoms with Crippen molar-refractivity contribution in [3.8, 4) is 10.6 Å². The maximum Gasteiger partial charge on any atom is 0.263 e. The summed E-state index contributed by atoms with van der Waals surface area (Å²) >= 11 is 1.57. The van der Waals surface area contributed by atoms with Gasteiger partial charge >= 0.3 is 0 Å². The molecular weight excluding hydrogens is 1060 g/mol. The predicted octanol–water partition coefficient (Wildman–Crippen LogP) is 5.04. The van der Waals surface area contributed by atoms with E-state index in [0.717, 1.165) is 66.3 Å². The first-order chi connectivity index (χ1) is 38.8. The van der Waals surface area contributed by atoms with Crippen LogP contribution in [-0.2, 0) is 33.4 Å². The second-order valence-electron chi connectivity index (χ2n) is 22.2.